The number of unbranched alkanes of at least 4 members (excludes halogenated alkanes) is 5. The quantitative estimate of drug-likeness (QED) is 0.432. The van der Waals surface area contributed by atoms with E-state index in [-0.39, 0.29) is 11.4 Å². The maximum Gasteiger partial charge on any atom is 0.220 e. The number of rotatable bonds is 11. The molecule has 0 saturated heterocycles. The van der Waals surface area contributed by atoms with E-state index in [1.54, 1.807) is 0 Å². The van der Waals surface area contributed by atoms with Gasteiger partial charge in [0.05, 0.1) is 0 Å². The lowest BCUT2D eigenvalue weighted by atomic mass is 9.95. The van der Waals surface area contributed by atoms with E-state index in [0.717, 1.165) is 19.3 Å². The first-order valence-electron chi connectivity index (χ1n) is 7.45. The Labute approximate surface area is 118 Å². The summed E-state index contributed by atoms with van der Waals surface area (Å²) < 4.78 is 0. The van der Waals surface area contributed by atoms with E-state index >= 15 is 0 Å². The molecule has 3 heteroatoms. The summed E-state index contributed by atoms with van der Waals surface area (Å²) >= 11 is 5.77. The minimum absolute atomic E-state index is 0.124. The van der Waals surface area contributed by atoms with Gasteiger partial charge in [0, 0.05) is 17.8 Å². The van der Waals surface area contributed by atoms with E-state index in [9.17, 15) is 4.79 Å². The minimum atomic E-state index is -0.124. The molecule has 0 aliphatic heterocycles. The molecule has 0 radical (unpaired) electrons. The summed E-state index contributed by atoms with van der Waals surface area (Å²) in [5, 5.41) is 3.12. The van der Waals surface area contributed by atoms with Crippen LogP contribution in [0.1, 0.15) is 78.6 Å². The van der Waals surface area contributed by atoms with Gasteiger partial charge in [-0.2, -0.15) is 0 Å². The van der Waals surface area contributed by atoms with Crippen molar-refractivity contribution in [3.8, 4) is 0 Å². The molecule has 0 aromatic heterocycles. The van der Waals surface area contributed by atoms with Gasteiger partial charge in [-0.15, -0.1) is 11.6 Å². The molecule has 0 aromatic rings. The Morgan fingerprint density at radius 3 is 2.28 bits per heavy atom. The van der Waals surface area contributed by atoms with Gasteiger partial charge in [-0.3, -0.25) is 4.79 Å². The molecule has 0 rings (SSSR count). The molecule has 2 nitrogen and oxygen atoms in total. The molecular formula is C15H30ClNO. The van der Waals surface area contributed by atoms with Gasteiger partial charge in [-0.1, -0.05) is 46.0 Å². The zero-order valence-corrected chi connectivity index (χ0v) is 13.1. The predicted molar refractivity (Wildman–Crippen MR) is 80.2 cm³/mol. The molecule has 0 aliphatic rings. The second kappa shape index (κ2) is 10.7. The number of halogens is 1. The third-order valence-electron chi connectivity index (χ3n) is 3.63. The van der Waals surface area contributed by atoms with Gasteiger partial charge < -0.3 is 5.32 Å². The number of carbonyl (C=O) groups is 1. The predicted octanol–water partition coefficient (Wildman–Crippen LogP) is 4.65. The van der Waals surface area contributed by atoms with Gasteiger partial charge in [0.2, 0.25) is 5.91 Å². The summed E-state index contributed by atoms with van der Waals surface area (Å²) in [7, 11) is 0. The van der Waals surface area contributed by atoms with Gasteiger partial charge >= 0.3 is 0 Å². The highest BCUT2D eigenvalue weighted by molar-refractivity contribution is 6.17. The van der Waals surface area contributed by atoms with E-state index in [2.05, 4.69) is 26.1 Å². The van der Waals surface area contributed by atoms with Crippen molar-refractivity contribution < 1.29 is 4.79 Å². The summed E-state index contributed by atoms with van der Waals surface area (Å²) in [6.45, 7) is 6.39. The third-order valence-corrected chi connectivity index (χ3v) is 3.81. The zero-order valence-electron chi connectivity index (χ0n) is 12.4. The lowest BCUT2D eigenvalue weighted by Gasteiger charge is -2.29. The van der Waals surface area contributed by atoms with E-state index in [4.69, 9.17) is 11.6 Å². The van der Waals surface area contributed by atoms with Crippen LogP contribution >= 0.6 is 11.6 Å². The zero-order chi connectivity index (χ0) is 13.9. The van der Waals surface area contributed by atoms with Crippen molar-refractivity contribution in [3.05, 3.63) is 0 Å². The van der Waals surface area contributed by atoms with Gasteiger partial charge in [-0.25, -0.2) is 0 Å². The highest BCUT2D eigenvalue weighted by atomic mass is 35.5. The Hall–Kier alpha value is -0.240. The molecule has 0 fully saturated rings. The molecule has 1 N–H and O–H groups in total. The molecule has 0 heterocycles. The van der Waals surface area contributed by atoms with Gasteiger partial charge in [0.25, 0.3) is 0 Å². The van der Waals surface area contributed by atoms with E-state index in [0.29, 0.717) is 12.3 Å². The molecule has 1 unspecified atom stereocenters. The second-order valence-electron chi connectivity index (χ2n) is 5.42. The molecular weight excluding hydrogens is 246 g/mol. The summed E-state index contributed by atoms with van der Waals surface area (Å²) in [5.74, 6) is 0.779. The average molecular weight is 276 g/mol. The van der Waals surface area contributed by atoms with Crippen molar-refractivity contribution in [2.75, 3.05) is 5.88 Å². The van der Waals surface area contributed by atoms with E-state index in [1.807, 2.05) is 0 Å². The van der Waals surface area contributed by atoms with Crippen LogP contribution in [0.15, 0.2) is 0 Å². The average Bonchev–Trinajstić information content (AvgIpc) is 2.34. The first-order chi connectivity index (χ1) is 8.58. The summed E-state index contributed by atoms with van der Waals surface area (Å²) in [4.78, 5) is 11.8. The largest absolute Gasteiger partial charge is 0.351 e. The number of amides is 1. The van der Waals surface area contributed by atoms with Crippen LogP contribution in [0.3, 0.4) is 0 Å². The number of carbonyl (C=O) groups excluding carboxylic acids is 1. The number of nitrogens with one attached hydrogen (secondary N) is 1. The second-order valence-corrected chi connectivity index (χ2v) is 5.80. The molecule has 0 spiro atoms. The Morgan fingerprint density at radius 2 is 1.72 bits per heavy atom. The highest BCUT2D eigenvalue weighted by Crippen LogP contribution is 2.16. The minimum Gasteiger partial charge on any atom is -0.351 e. The Kier molecular flexibility index (Phi) is 10.5. The fraction of sp³-hybridized carbons (Fsp3) is 0.933. The van der Waals surface area contributed by atoms with Gasteiger partial charge in [-0.05, 0) is 26.2 Å². The maximum absolute atomic E-state index is 11.8. The van der Waals surface area contributed by atoms with Gasteiger partial charge in [0.1, 0.15) is 0 Å². The lowest BCUT2D eigenvalue weighted by Crippen LogP contribution is -2.45. The van der Waals surface area contributed by atoms with Gasteiger partial charge in [0.15, 0.2) is 0 Å². The van der Waals surface area contributed by atoms with Crippen molar-refractivity contribution in [2.45, 2.75) is 84.1 Å². The topological polar surface area (TPSA) is 29.1 Å². The number of alkyl halides is 1. The normalized spacial score (nSPS) is 14.2. The first kappa shape index (κ1) is 17.8. The van der Waals surface area contributed by atoms with Crippen LogP contribution in [0.5, 0.6) is 0 Å². The lowest BCUT2D eigenvalue weighted by molar-refractivity contribution is -0.123. The molecule has 18 heavy (non-hydrogen) atoms. The van der Waals surface area contributed by atoms with E-state index in [1.165, 1.54) is 32.1 Å². The van der Waals surface area contributed by atoms with Crippen LogP contribution in [0, 0.1) is 0 Å². The molecule has 0 aliphatic carbocycles. The summed E-state index contributed by atoms with van der Waals surface area (Å²) in [5.41, 5.74) is -0.124. The van der Waals surface area contributed by atoms with Crippen LogP contribution in [0.2, 0.25) is 0 Å². The number of hydrogen-bond donors (Lipinski definition) is 1. The monoisotopic (exact) mass is 275 g/mol. The van der Waals surface area contributed by atoms with Crippen molar-refractivity contribution in [2.24, 2.45) is 0 Å². The fourth-order valence-corrected chi connectivity index (χ4v) is 2.42. The SMILES string of the molecule is CCCCCCCCC(=O)NC(C)(CC)CCCl. The maximum atomic E-state index is 11.8. The van der Waals surface area contributed by atoms with Crippen LogP contribution in [0.4, 0.5) is 0 Å². The van der Waals surface area contributed by atoms with Crippen LogP contribution < -0.4 is 5.32 Å². The molecule has 0 aromatic carbocycles. The molecule has 0 bridgehead atoms. The highest BCUT2D eigenvalue weighted by Gasteiger charge is 2.22. The van der Waals surface area contributed by atoms with Crippen molar-refractivity contribution in [1.82, 2.24) is 5.32 Å². The summed E-state index contributed by atoms with van der Waals surface area (Å²) in [6, 6.07) is 0. The molecule has 1 atom stereocenters. The Balaban J connectivity index is 3.69. The standard InChI is InChI=1S/C15H30ClNO/c1-4-6-7-8-9-10-11-14(18)17-15(3,5-2)12-13-16/h4-13H2,1-3H3,(H,17,18). The molecule has 108 valence electrons. The Morgan fingerprint density at radius 1 is 1.11 bits per heavy atom. The van der Waals surface area contributed by atoms with E-state index < -0.39 is 0 Å². The van der Waals surface area contributed by atoms with Crippen LogP contribution in [0.25, 0.3) is 0 Å². The first-order valence-corrected chi connectivity index (χ1v) is 7.98. The van der Waals surface area contributed by atoms with Crippen LogP contribution in [-0.4, -0.2) is 17.3 Å². The fourth-order valence-electron chi connectivity index (χ4n) is 2.00. The Bertz CT molecular complexity index is 221. The van der Waals surface area contributed by atoms with Crippen LogP contribution in [-0.2, 0) is 4.79 Å². The third kappa shape index (κ3) is 8.79. The molecule has 1 amide bonds. The van der Waals surface area contributed by atoms with Crippen molar-refractivity contribution in [1.29, 1.82) is 0 Å². The summed E-state index contributed by atoms with van der Waals surface area (Å²) in [6.07, 6.45) is 9.76. The van der Waals surface area contributed by atoms with Crippen molar-refractivity contribution >= 4 is 17.5 Å². The molecule has 0 saturated carbocycles. The smallest absolute Gasteiger partial charge is 0.220 e. The number of hydrogen-bond acceptors (Lipinski definition) is 1. The van der Waals surface area contributed by atoms with Crippen molar-refractivity contribution in [3.63, 3.8) is 0 Å².